The lowest BCUT2D eigenvalue weighted by molar-refractivity contribution is 0.0955. The highest BCUT2D eigenvalue weighted by Crippen LogP contribution is 2.24. The lowest BCUT2D eigenvalue weighted by Gasteiger charge is -2.05. The monoisotopic (exact) mass is 373 g/mol. The second-order valence-electron chi connectivity index (χ2n) is 6.38. The van der Waals surface area contributed by atoms with Gasteiger partial charge in [0.15, 0.2) is 0 Å². The molecule has 0 aliphatic heterocycles. The summed E-state index contributed by atoms with van der Waals surface area (Å²) < 4.78 is 7.59. The molecule has 2 aromatic carbocycles. The zero-order chi connectivity index (χ0) is 19.9. The molecule has 5 heteroatoms. The van der Waals surface area contributed by atoms with Gasteiger partial charge < -0.3 is 9.30 Å². The van der Waals surface area contributed by atoms with E-state index in [4.69, 9.17) is 11.2 Å². The van der Waals surface area contributed by atoms with Crippen LogP contribution in [-0.2, 0) is 6.54 Å². The minimum atomic E-state index is -0.275. The van der Waals surface area contributed by atoms with Crippen LogP contribution in [0.2, 0.25) is 0 Å². The van der Waals surface area contributed by atoms with Crippen molar-refractivity contribution in [1.29, 1.82) is 0 Å². The summed E-state index contributed by atoms with van der Waals surface area (Å²) in [5.74, 6) is 3.16. The summed E-state index contributed by atoms with van der Waals surface area (Å²) >= 11 is 0. The Morgan fingerprint density at radius 3 is 2.71 bits per heavy atom. The maximum absolute atomic E-state index is 12.3. The third-order valence-electron chi connectivity index (χ3n) is 4.48. The summed E-state index contributed by atoms with van der Waals surface area (Å²) in [4.78, 5) is 12.3. The summed E-state index contributed by atoms with van der Waals surface area (Å²) in [6.45, 7) is 5.18. The van der Waals surface area contributed by atoms with Gasteiger partial charge in [-0.2, -0.15) is 5.10 Å². The van der Waals surface area contributed by atoms with Gasteiger partial charge in [-0.3, -0.25) is 4.79 Å². The van der Waals surface area contributed by atoms with E-state index in [1.54, 1.807) is 30.5 Å². The van der Waals surface area contributed by atoms with Crippen LogP contribution in [-0.4, -0.2) is 23.3 Å². The molecule has 1 aromatic heterocycles. The molecule has 1 N–H and O–H groups in total. The number of hydrogen-bond acceptors (Lipinski definition) is 3. The SMILES string of the molecule is C#CCn1c(C)c(/C=N\NC(=O)c2ccc(OCCC)cc2)c2ccccc21. The van der Waals surface area contributed by atoms with Gasteiger partial charge in [-0.15, -0.1) is 6.42 Å². The molecule has 0 fully saturated rings. The molecule has 0 bridgehead atoms. The average molecular weight is 373 g/mol. The third-order valence-corrected chi connectivity index (χ3v) is 4.48. The number of nitrogens with one attached hydrogen (secondary N) is 1. The van der Waals surface area contributed by atoms with E-state index in [9.17, 15) is 4.79 Å². The molecule has 0 saturated carbocycles. The third kappa shape index (κ3) is 4.07. The topological polar surface area (TPSA) is 55.6 Å². The van der Waals surface area contributed by atoms with Crippen molar-refractivity contribution in [2.24, 2.45) is 5.10 Å². The molecule has 0 radical (unpaired) electrons. The van der Waals surface area contributed by atoms with Crippen LogP contribution in [0.25, 0.3) is 10.9 Å². The van der Waals surface area contributed by atoms with Crippen LogP contribution in [0.5, 0.6) is 5.75 Å². The van der Waals surface area contributed by atoms with Crippen LogP contribution < -0.4 is 10.2 Å². The molecule has 28 heavy (non-hydrogen) atoms. The standard InChI is InChI=1S/C23H23N3O2/c1-4-14-26-17(3)21(20-8-6-7-9-22(20)26)16-24-25-23(27)18-10-12-19(13-11-18)28-15-5-2/h1,6-13,16H,5,14-15H2,2-3H3,(H,25,27)/b24-16-. The van der Waals surface area contributed by atoms with E-state index in [-0.39, 0.29) is 5.91 Å². The van der Waals surface area contributed by atoms with Crippen molar-refractivity contribution < 1.29 is 9.53 Å². The van der Waals surface area contributed by atoms with E-state index in [0.717, 1.165) is 34.3 Å². The van der Waals surface area contributed by atoms with E-state index >= 15 is 0 Å². The minimum absolute atomic E-state index is 0.275. The van der Waals surface area contributed by atoms with Gasteiger partial charge in [0.1, 0.15) is 5.75 Å². The molecule has 0 spiro atoms. The van der Waals surface area contributed by atoms with Crippen molar-refractivity contribution in [2.45, 2.75) is 26.8 Å². The summed E-state index contributed by atoms with van der Waals surface area (Å²) in [5.41, 5.74) is 6.10. The number of ether oxygens (including phenoxy) is 1. The molecule has 0 aliphatic carbocycles. The molecule has 142 valence electrons. The molecule has 0 aliphatic rings. The van der Waals surface area contributed by atoms with Gasteiger partial charge in [0.25, 0.3) is 5.91 Å². The summed E-state index contributed by atoms with van der Waals surface area (Å²) in [6.07, 6.45) is 8.11. The van der Waals surface area contributed by atoms with Gasteiger partial charge in [-0.25, -0.2) is 5.43 Å². The Bertz CT molecular complexity index is 1040. The Labute approximate surface area is 165 Å². The van der Waals surface area contributed by atoms with E-state index in [2.05, 4.69) is 21.0 Å². The number of nitrogens with zero attached hydrogens (tertiary/aromatic N) is 2. The van der Waals surface area contributed by atoms with Gasteiger partial charge in [0, 0.05) is 27.7 Å². The van der Waals surface area contributed by atoms with Crippen LogP contribution in [0.4, 0.5) is 0 Å². The van der Waals surface area contributed by atoms with Crippen molar-refractivity contribution in [2.75, 3.05) is 6.61 Å². The van der Waals surface area contributed by atoms with Crippen molar-refractivity contribution in [3.05, 3.63) is 65.4 Å². The molecule has 3 rings (SSSR count). The lowest BCUT2D eigenvalue weighted by atomic mass is 10.1. The van der Waals surface area contributed by atoms with Crippen LogP contribution in [0, 0.1) is 19.3 Å². The van der Waals surface area contributed by atoms with Gasteiger partial charge in [-0.1, -0.05) is 31.0 Å². The highest BCUT2D eigenvalue weighted by atomic mass is 16.5. The Morgan fingerprint density at radius 2 is 2.00 bits per heavy atom. The smallest absolute Gasteiger partial charge is 0.271 e. The van der Waals surface area contributed by atoms with Gasteiger partial charge in [-0.05, 0) is 43.7 Å². The number of rotatable bonds is 7. The first-order chi connectivity index (χ1) is 13.7. The van der Waals surface area contributed by atoms with Crippen LogP contribution in [0.15, 0.2) is 53.6 Å². The van der Waals surface area contributed by atoms with Crippen molar-refractivity contribution in [3.8, 4) is 18.1 Å². The normalized spacial score (nSPS) is 10.9. The number of carbonyl (C=O) groups excluding carboxylic acids is 1. The molecule has 0 unspecified atom stereocenters. The lowest BCUT2D eigenvalue weighted by Crippen LogP contribution is -2.17. The number of aromatic nitrogens is 1. The van der Waals surface area contributed by atoms with Crippen LogP contribution >= 0.6 is 0 Å². The number of benzene rings is 2. The average Bonchev–Trinajstić information content (AvgIpc) is 2.99. The number of carbonyl (C=O) groups is 1. The molecule has 3 aromatic rings. The maximum Gasteiger partial charge on any atom is 0.271 e. The van der Waals surface area contributed by atoms with E-state index < -0.39 is 0 Å². The van der Waals surface area contributed by atoms with E-state index in [0.29, 0.717) is 18.7 Å². The van der Waals surface area contributed by atoms with E-state index in [1.165, 1.54) is 0 Å². The predicted octanol–water partition coefficient (Wildman–Crippen LogP) is 4.14. The first-order valence-corrected chi connectivity index (χ1v) is 9.23. The number of amides is 1. The quantitative estimate of drug-likeness (QED) is 0.384. The molecular formula is C23H23N3O2. The number of hydrogen-bond donors (Lipinski definition) is 1. The second kappa shape index (κ2) is 8.92. The first kappa shape index (κ1) is 19.2. The van der Waals surface area contributed by atoms with Crippen molar-refractivity contribution >= 4 is 23.0 Å². The molecule has 5 nitrogen and oxygen atoms in total. The van der Waals surface area contributed by atoms with Gasteiger partial charge in [0.2, 0.25) is 0 Å². The predicted molar refractivity (Wildman–Crippen MR) is 113 cm³/mol. The fraction of sp³-hybridized carbons (Fsp3) is 0.217. The highest BCUT2D eigenvalue weighted by Gasteiger charge is 2.11. The fourth-order valence-electron chi connectivity index (χ4n) is 3.06. The molecular weight excluding hydrogens is 350 g/mol. The number of hydrazone groups is 1. The van der Waals surface area contributed by atoms with E-state index in [1.807, 2.05) is 38.1 Å². The number of para-hydroxylation sites is 1. The summed E-state index contributed by atoms with van der Waals surface area (Å²) in [6, 6.07) is 15.0. The van der Waals surface area contributed by atoms with Crippen LogP contribution in [0.3, 0.4) is 0 Å². The Kier molecular flexibility index (Phi) is 6.13. The minimum Gasteiger partial charge on any atom is -0.494 e. The molecule has 1 heterocycles. The van der Waals surface area contributed by atoms with Crippen molar-refractivity contribution in [1.82, 2.24) is 9.99 Å². The largest absolute Gasteiger partial charge is 0.494 e. The van der Waals surface area contributed by atoms with Gasteiger partial charge in [0.05, 0.1) is 19.4 Å². The van der Waals surface area contributed by atoms with Crippen molar-refractivity contribution in [3.63, 3.8) is 0 Å². The highest BCUT2D eigenvalue weighted by molar-refractivity contribution is 6.02. The molecule has 0 atom stereocenters. The number of terminal acetylenes is 1. The molecule has 1 amide bonds. The Hall–Kier alpha value is -3.52. The Balaban J connectivity index is 1.75. The maximum atomic E-state index is 12.3. The van der Waals surface area contributed by atoms with Crippen LogP contribution in [0.1, 0.15) is 35.0 Å². The summed E-state index contributed by atoms with van der Waals surface area (Å²) in [7, 11) is 0. The second-order valence-corrected chi connectivity index (χ2v) is 6.38. The number of fused-ring (bicyclic) bond motifs is 1. The van der Waals surface area contributed by atoms with Gasteiger partial charge >= 0.3 is 0 Å². The zero-order valence-electron chi connectivity index (χ0n) is 16.1. The summed E-state index contributed by atoms with van der Waals surface area (Å²) in [5, 5.41) is 5.20. The first-order valence-electron chi connectivity index (χ1n) is 9.23. The molecule has 0 saturated heterocycles. The zero-order valence-corrected chi connectivity index (χ0v) is 16.1. The Morgan fingerprint density at radius 1 is 1.25 bits per heavy atom. The fourth-order valence-corrected chi connectivity index (χ4v) is 3.06.